The average molecular weight is 952 g/mol. The highest BCUT2D eigenvalue weighted by molar-refractivity contribution is 5.13. The van der Waals surface area contributed by atoms with E-state index in [0.29, 0.717) is 16.2 Å². The molecule has 3 atom stereocenters. The maximum atomic E-state index is 2.46. The van der Waals surface area contributed by atoms with E-state index in [1.54, 1.807) is 122 Å². The summed E-state index contributed by atoms with van der Waals surface area (Å²) in [6.07, 6.45) is 85.8. The fourth-order valence-electron chi connectivity index (χ4n) is 15.9. The highest BCUT2D eigenvalue weighted by atomic mass is 14.7. The van der Waals surface area contributed by atoms with Gasteiger partial charge in [0.25, 0.3) is 0 Å². The van der Waals surface area contributed by atoms with Crippen LogP contribution in [0.4, 0.5) is 0 Å². The molecular weight excluding hydrogens is 817 g/mol. The molecule has 0 nitrogen and oxygen atoms in total. The summed E-state index contributed by atoms with van der Waals surface area (Å²) in [5.74, 6) is 1.99. The number of rotatable bonds is 52. The summed E-state index contributed by atoms with van der Waals surface area (Å²) in [5.41, 5.74) is 1.59. The molecule has 2 aliphatic rings. The Morgan fingerprint density at radius 2 is 0.426 bits per heavy atom. The summed E-state index contributed by atoms with van der Waals surface area (Å²) in [7, 11) is 0. The van der Waals surface area contributed by atoms with E-state index in [2.05, 4.69) is 41.5 Å². The molecule has 0 aromatic rings. The van der Waals surface area contributed by atoms with Crippen LogP contribution in [-0.4, -0.2) is 0 Å². The van der Waals surface area contributed by atoms with Gasteiger partial charge < -0.3 is 0 Å². The minimum Gasteiger partial charge on any atom is -0.0654 e. The standard InChI is InChI=1S/C68H134/c1-7-13-19-25-30-32-36-40-50-60-66(58-48-38-33-27-21-15-9-3,59-49-39-35-31-26-20-14-8-2)67(61-51-37-24-18-12-6,62-52-41-29-23-17-11-5)68(65-56-46-47-57-65,64-54-44-43-45-55-64)63-53-42-34-28-22-16-10-4/h64-65H,7-63H2,1-6H3. The summed E-state index contributed by atoms with van der Waals surface area (Å²) in [6.45, 7) is 14.5. The smallest absolute Gasteiger partial charge is 0.0179 e. The van der Waals surface area contributed by atoms with Gasteiger partial charge in [0.15, 0.2) is 0 Å². The van der Waals surface area contributed by atoms with Gasteiger partial charge in [-0.25, -0.2) is 0 Å². The van der Waals surface area contributed by atoms with Crippen LogP contribution in [0.5, 0.6) is 0 Å². The second-order valence-electron chi connectivity index (χ2n) is 24.9. The molecule has 406 valence electrons. The molecule has 0 aromatic heterocycles. The second-order valence-corrected chi connectivity index (χ2v) is 24.9. The van der Waals surface area contributed by atoms with Crippen molar-refractivity contribution in [2.45, 2.75) is 408 Å². The Morgan fingerprint density at radius 3 is 0.691 bits per heavy atom. The Labute approximate surface area is 433 Å². The predicted molar refractivity (Wildman–Crippen MR) is 311 cm³/mol. The van der Waals surface area contributed by atoms with Crippen molar-refractivity contribution in [3.05, 3.63) is 0 Å². The second kappa shape index (κ2) is 44.5. The Hall–Kier alpha value is 0. The maximum absolute atomic E-state index is 2.46. The Morgan fingerprint density at radius 1 is 0.221 bits per heavy atom. The predicted octanol–water partition coefficient (Wildman–Crippen LogP) is 25.6. The van der Waals surface area contributed by atoms with E-state index in [1.807, 2.05) is 0 Å². The van der Waals surface area contributed by atoms with Gasteiger partial charge in [-0.1, -0.05) is 343 Å². The first-order chi connectivity index (χ1) is 33.6. The van der Waals surface area contributed by atoms with E-state index in [1.165, 1.54) is 244 Å². The first-order valence-electron chi connectivity index (χ1n) is 33.6. The topological polar surface area (TPSA) is 0 Å². The summed E-state index contributed by atoms with van der Waals surface area (Å²) in [4.78, 5) is 0. The Balaban J connectivity index is 2.91. The monoisotopic (exact) mass is 951 g/mol. The zero-order valence-corrected chi connectivity index (χ0v) is 49.0. The van der Waals surface area contributed by atoms with Crippen molar-refractivity contribution in [2.24, 2.45) is 28.1 Å². The molecule has 0 saturated heterocycles. The fraction of sp³-hybridized carbons (Fsp3) is 1.00. The minimum absolute atomic E-state index is 0.514. The van der Waals surface area contributed by atoms with Crippen LogP contribution < -0.4 is 0 Å². The van der Waals surface area contributed by atoms with Crippen molar-refractivity contribution in [2.75, 3.05) is 0 Å². The Bertz CT molecular complexity index is 1020. The molecule has 3 unspecified atom stereocenters. The van der Waals surface area contributed by atoms with E-state index in [9.17, 15) is 0 Å². The van der Waals surface area contributed by atoms with Gasteiger partial charge in [0.2, 0.25) is 0 Å². The molecule has 0 spiro atoms. The van der Waals surface area contributed by atoms with Crippen molar-refractivity contribution in [3.63, 3.8) is 0 Å². The van der Waals surface area contributed by atoms with Gasteiger partial charge >= 0.3 is 0 Å². The summed E-state index contributed by atoms with van der Waals surface area (Å²) >= 11 is 0. The van der Waals surface area contributed by atoms with Crippen molar-refractivity contribution in [1.82, 2.24) is 0 Å². The van der Waals surface area contributed by atoms with Crippen LogP contribution in [-0.2, 0) is 0 Å². The number of unbranched alkanes of at least 4 members (excludes halogenated alkanes) is 36. The lowest BCUT2D eigenvalue weighted by molar-refractivity contribution is -0.190. The van der Waals surface area contributed by atoms with Crippen LogP contribution in [0.3, 0.4) is 0 Å². The molecule has 0 radical (unpaired) electrons. The Kier molecular flexibility index (Phi) is 41.9. The summed E-state index contributed by atoms with van der Waals surface area (Å²) in [6, 6.07) is 0. The molecule has 2 fully saturated rings. The molecular formula is C68H134. The molecule has 0 bridgehead atoms. The molecule has 0 aliphatic heterocycles. The van der Waals surface area contributed by atoms with Gasteiger partial charge in [0.05, 0.1) is 0 Å². The average Bonchev–Trinajstić information content (AvgIpc) is 3.91. The third-order valence-corrected chi connectivity index (χ3v) is 19.7. The normalized spacial score (nSPS) is 17.7. The maximum Gasteiger partial charge on any atom is -0.0179 e. The van der Waals surface area contributed by atoms with Crippen LogP contribution in [0.25, 0.3) is 0 Å². The largest absolute Gasteiger partial charge is 0.0654 e. The quantitative estimate of drug-likeness (QED) is 0.0533. The van der Waals surface area contributed by atoms with E-state index < -0.39 is 0 Å². The van der Waals surface area contributed by atoms with Crippen LogP contribution in [0.15, 0.2) is 0 Å². The van der Waals surface area contributed by atoms with Crippen molar-refractivity contribution in [1.29, 1.82) is 0 Å². The highest BCUT2D eigenvalue weighted by Gasteiger charge is 2.64. The molecule has 0 N–H and O–H groups in total. The SMILES string of the molecule is CCCCCCCCCCCC(CCCCCCCCC)(CCCCCCCCCC)C(CCCCCCC)(CCCCCCCC)C(CCCCCCCCC)(C1CCCCC1)C1CCCC1. The number of hydrogen-bond donors (Lipinski definition) is 0. The van der Waals surface area contributed by atoms with Crippen LogP contribution in [0.2, 0.25) is 0 Å². The lowest BCUT2D eigenvalue weighted by Crippen LogP contribution is -2.60. The molecule has 0 aromatic carbocycles. The van der Waals surface area contributed by atoms with E-state index >= 15 is 0 Å². The summed E-state index contributed by atoms with van der Waals surface area (Å²) in [5, 5.41) is 0. The van der Waals surface area contributed by atoms with Gasteiger partial charge in [-0.2, -0.15) is 0 Å². The number of hydrogen-bond acceptors (Lipinski definition) is 0. The molecule has 0 heterocycles. The summed E-state index contributed by atoms with van der Waals surface area (Å²) < 4.78 is 0. The van der Waals surface area contributed by atoms with Crippen molar-refractivity contribution < 1.29 is 0 Å². The first-order valence-corrected chi connectivity index (χ1v) is 33.6. The molecule has 0 heteroatoms. The highest BCUT2D eigenvalue weighted by Crippen LogP contribution is 2.73. The van der Waals surface area contributed by atoms with Crippen LogP contribution >= 0.6 is 0 Å². The molecule has 0 amide bonds. The zero-order chi connectivity index (χ0) is 49.0. The molecule has 2 aliphatic carbocycles. The zero-order valence-electron chi connectivity index (χ0n) is 49.0. The van der Waals surface area contributed by atoms with E-state index in [0.717, 1.165) is 11.8 Å². The van der Waals surface area contributed by atoms with Gasteiger partial charge in [-0.15, -0.1) is 0 Å². The van der Waals surface area contributed by atoms with Gasteiger partial charge in [0.1, 0.15) is 0 Å². The van der Waals surface area contributed by atoms with Crippen molar-refractivity contribution in [3.8, 4) is 0 Å². The van der Waals surface area contributed by atoms with Crippen molar-refractivity contribution >= 4 is 0 Å². The van der Waals surface area contributed by atoms with E-state index in [-0.39, 0.29) is 0 Å². The van der Waals surface area contributed by atoms with Crippen LogP contribution in [0, 0.1) is 28.1 Å². The lowest BCUT2D eigenvalue weighted by atomic mass is 9.37. The molecule has 2 rings (SSSR count). The van der Waals surface area contributed by atoms with E-state index in [4.69, 9.17) is 0 Å². The third kappa shape index (κ3) is 25.3. The minimum atomic E-state index is 0.514. The molecule has 2 saturated carbocycles. The van der Waals surface area contributed by atoms with Gasteiger partial charge in [-0.05, 0) is 92.3 Å². The molecule has 68 heavy (non-hydrogen) atoms. The third-order valence-electron chi connectivity index (χ3n) is 19.7. The fourth-order valence-corrected chi connectivity index (χ4v) is 15.9. The lowest BCUT2D eigenvalue weighted by Gasteiger charge is -2.68. The first kappa shape index (κ1) is 64.1. The van der Waals surface area contributed by atoms with Gasteiger partial charge in [-0.3, -0.25) is 0 Å². The van der Waals surface area contributed by atoms with Crippen LogP contribution in [0.1, 0.15) is 408 Å². The van der Waals surface area contributed by atoms with Gasteiger partial charge in [0, 0.05) is 0 Å².